The largest absolute Gasteiger partial charge is 0.107 e. The van der Waals surface area contributed by atoms with Crippen molar-refractivity contribution in [3.05, 3.63) is 0 Å². The van der Waals surface area contributed by atoms with Crippen molar-refractivity contribution in [2.24, 2.45) is 0 Å². The first-order chi connectivity index (χ1) is 5.27. The number of alkyl halides is 3. The Morgan fingerprint density at radius 1 is 0.909 bits per heavy atom. The van der Waals surface area contributed by atoms with Gasteiger partial charge in [0.05, 0.1) is 0 Å². The molecule has 0 aromatic carbocycles. The van der Waals surface area contributed by atoms with Crippen LogP contribution in [0.15, 0.2) is 0 Å². The van der Waals surface area contributed by atoms with Gasteiger partial charge in [-0.2, -0.15) is 0 Å². The Morgan fingerprint density at radius 3 is 2.00 bits per heavy atom. The maximum atomic E-state index is 5.58. The molecule has 0 radical (unpaired) electrons. The summed E-state index contributed by atoms with van der Waals surface area (Å²) in [7, 11) is 0. The zero-order valence-electron chi connectivity index (χ0n) is 6.66. The van der Waals surface area contributed by atoms with Crippen LogP contribution < -0.4 is 0 Å². The topological polar surface area (TPSA) is 0 Å². The van der Waals surface area contributed by atoms with Crippen molar-refractivity contribution in [2.75, 3.05) is 5.33 Å². The molecule has 0 aliphatic rings. The van der Waals surface area contributed by atoms with Crippen LogP contribution in [0.25, 0.3) is 0 Å². The van der Waals surface area contributed by atoms with Gasteiger partial charge in [-0.3, -0.25) is 0 Å². The fourth-order valence-electron chi connectivity index (χ4n) is 0.923. The van der Waals surface area contributed by atoms with Gasteiger partial charge in [-0.05, 0) is 12.8 Å². The summed E-state index contributed by atoms with van der Waals surface area (Å²) in [5.41, 5.74) is 0. The summed E-state index contributed by atoms with van der Waals surface area (Å²) in [6.07, 6.45) is 7.29. The minimum Gasteiger partial charge on any atom is -0.105 e. The fourth-order valence-corrected chi connectivity index (χ4v) is 1.63. The highest BCUT2D eigenvalue weighted by Crippen LogP contribution is 2.13. The normalized spacial score (nSPS) is 10.9. The molecular weight excluding hydrogens is 247 g/mol. The van der Waals surface area contributed by atoms with E-state index >= 15 is 0 Å². The summed E-state index contributed by atoms with van der Waals surface area (Å²) >= 11 is 14.6. The molecule has 0 rings (SSSR count). The molecule has 3 heteroatoms. The minimum absolute atomic E-state index is 0.161. The smallest absolute Gasteiger partial charge is 0.105 e. The van der Waals surface area contributed by atoms with E-state index in [1.165, 1.54) is 32.1 Å². The monoisotopic (exact) mass is 260 g/mol. The van der Waals surface area contributed by atoms with E-state index in [9.17, 15) is 0 Å². The lowest BCUT2D eigenvalue weighted by Crippen LogP contribution is -1.86. The van der Waals surface area contributed by atoms with Gasteiger partial charge in [0.25, 0.3) is 0 Å². The molecule has 0 saturated heterocycles. The van der Waals surface area contributed by atoms with Gasteiger partial charge in [0.1, 0.15) is 4.84 Å². The molecular formula is C8H15BrCl2. The van der Waals surface area contributed by atoms with Crippen LogP contribution in [0.4, 0.5) is 0 Å². The summed E-state index contributed by atoms with van der Waals surface area (Å²) in [5, 5.41) is 1.13. The Balaban J connectivity index is 2.80. The van der Waals surface area contributed by atoms with E-state index in [2.05, 4.69) is 15.9 Å². The van der Waals surface area contributed by atoms with Gasteiger partial charge in [-0.15, -0.1) is 23.2 Å². The third-order valence-corrected chi connectivity index (χ3v) is 2.55. The molecule has 0 aliphatic heterocycles. The van der Waals surface area contributed by atoms with E-state index in [1.54, 1.807) is 0 Å². The van der Waals surface area contributed by atoms with Gasteiger partial charge in [-0.25, -0.2) is 0 Å². The lowest BCUT2D eigenvalue weighted by molar-refractivity contribution is 0.623. The van der Waals surface area contributed by atoms with E-state index < -0.39 is 0 Å². The number of hydrogen-bond acceptors (Lipinski definition) is 0. The third kappa shape index (κ3) is 11.1. The molecule has 68 valence electrons. The van der Waals surface area contributed by atoms with E-state index in [1.807, 2.05) is 0 Å². The van der Waals surface area contributed by atoms with Crippen LogP contribution in [-0.4, -0.2) is 10.2 Å². The maximum absolute atomic E-state index is 5.58. The number of rotatable bonds is 7. The Kier molecular flexibility index (Phi) is 10.0. The molecule has 0 bridgehead atoms. The van der Waals surface area contributed by atoms with Crippen LogP contribution >= 0.6 is 39.1 Å². The van der Waals surface area contributed by atoms with E-state index in [0.717, 1.165) is 11.8 Å². The van der Waals surface area contributed by atoms with Crippen LogP contribution in [0.3, 0.4) is 0 Å². The Bertz CT molecular complexity index is 76.5. The average molecular weight is 262 g/mol. The van der Waals surface area contributed by atoms with E-state index in [0.29, 0.717) is 0 Å². The number of unbranched alkanes of at least 4 members (excludes halogenated alkanes) is 4. The van der Waals surface area contributed by atoms with Gasteiger partial charge in [-0.1, -0.05) is 41.6 Å². The van der Waals surface area contributed by atoms with Crippen molar-refractivity contribution >= 4 is 39.1 Å². The van der Waals surface area contributed by atoms with E-state index in [-0.39, 0.29) is 4.84 Å². The molecule has 0 aromatic rings. The average Bonchev–Trinajstić information content (AvgIpc) is 1.96. The van der Waals surface area contributed by atoms with Crippen LogP contribution in [0.2, 0.25) is 0 Å². The van der Waals surface area contributed by atoms with Crippen LogP contribution in [0.5, 0.6) is 0 Å². The lowest BCUT2D eigenvalue weighted by atomic mass is 10.1. The molecule has 0 nitrogen and oxygen atoms in total. The highest BCUT2D eigenvalue weighted by atomic mass is 79.9. The molecule has 0 unspecified atom stereocenters. The molecule has 0 amide bonds. The zero-order valence-corrected chi connectivity index (χ0v) is 9.76. The molecule has 0 atom stereocenters. The van der Waals surface area contributed by atoms with Crippen molar-refractivity contribution in [3.63, 3.8) is 0 Å². The summed E-state index contributed by atoms with van der Waals surface area (Å²) in [6.45, 7) is 0. The van der Waals surface area contributed by atoms with Gasteiger partial charge in [0.15, 0.2) is 0 Å². The maximum Gasteiger partial charge on any atom is 0.107 e. The molecule has 0 aliphatic carbocycles. The molecule has 11 heavy (non-hydrogen) atoms. The molecule has 0 heterocycles. The van der Waals surface area contributed by atoms with E-state index in [4.69, 9.17) is 23.2 Å². The van der Waals surface area contributed by atoms with Crippen molar-refractivity contribution in [1.29, 1.82) is 0 Å². The first kappa shape index (κ1) is 12.1. The van der Waals surface area contributed by atoms with Crippen LogP contribution in [0.1, 0.15) is 38.5 Å². The quantitative estimate of drug-likeness (QED) is 0.467. The van der Waals surface area contributed by atoms with Gasteiger partial charge in [0.2, 0.25) is 0 Å². The lowest BCUT2D eigenvalue weighted by Gasteiger charge is -2.00. The third-order valence-electron chi connectivity index (χ3n) is 1.56. The van der Waals surface area contributed by atoms with Gasteiger partial charge in [0, 0.05) is 5.33 Å². The van der Waals surface area contributed by atoms with Gasteiger partial charge >= 0.3 is 0 Å². The fraction of sp³-hybridized carbons (Fsp3) is 1.00. The first-order valence-corrected chi connectivity index (χ1v) is 6.11. The van der Waals surface area contributed by atoms with Gasteiger partial charge < -0.3 is 0 Å². The summed E-state index contributed by atoms with van der Waals surface area (Å²) < 4.78 is 0. The predicted octanol–water partition coefficient (Wildman–Crippen LogP) is 4.53. The Labute approximate surface area is 87.8 Å². The zero-order chi connectivity index (χ0) is 8.53. The van der Waals surface area contributed by atoms with Crippen LogP contribution in [0, 0.1) is 0 Å². The number of hydrogen-bond donors (Lipinski definition) is 0. The number of halogens is 3. The first-order valence-electron chi connectivity index (χ1n) is 4.11. The highest BCUT2D eigenvalue weighted by molar-refractivity contribution is 9.09. The summed E-state index contributed by atoms with van der Waals surface area (Å²) in [5.74, 6) is 0. The molecule has 0 saturated carbocycles. The second-order valence-electron chi connectivity index (χ2n) is 2.64. The highest BCUT2D eigenvalue weighted by Gasteiger charge is 1.97. The summed E-state index contributed by atoms with van der Waals surface area (Å²) in [6, 6.07) is 0. The second kappa shape index (κ2) is 9.15. The molecule has 0 spiro atoms. The van der Waals surface area contributed by atoms with Crippen LogP contribution in [-0.2, 0) is 0 Å². The van der Waals surface area contributed by atoms with Crippen molar-refractivity contribution in [1.82, 2.24) is 0 Å². The van der Waals surface area contributed by atoms with Crippen molar-refractivity contribution in [3.8, 4) is 0 Å². The minimum atomic E-state index is -0.161. The standard InChI is InChI=1S/C8H15BrCl2/c9-7-5-3-1-2-4-6-8(10)11/h8H,1-7H2. The van der Waals surface area contributed by atoms with Crippen molar-refractivity contribution < 1.29 is 0 Å². The predicted molar refractivity (Wildman–Crippen MR) is 57.0 cm³/mol. The molecule has 0 N–H and O–H groups in total. The Morgan fingerprint density at radius 2 is 1.45 bits per heavy atom. The Hall–Kier alpha value is 1.06. The SMILES string of the molecule is ClC(Cl)CCCCCCCBr. The second-order valence-corrected chi connectivity index (χ2v) is 4.71. The molecule has 0 fully saturated rings. The summed E-state index contributed by atoms with van der Waals surface area (Å²) in [4.78, 5) is -0.161. The molecule has 0 aromatic heterocycles. The van der Waals surface area contributed by atoms with Crippen molar-refractivity contribution in [2.45, 2.75) is 43.4 Å².